The monoisotopic (exact) mass is 482 g/mol. The van der Waals surface area contributed by atoms with Crippen LogP contribution >= 0.6 is 0 Å². The molecule has 0 bridgehead atoms. The molecule has 2 saturated carbocycles. The fourth-order valence-corrected chi connectivity index (χ4v) is 5.90. The van der Waals surface area contributed by atoms with Crippen LogP contribution in [0.2, 0.25) is 0 Å². The van der Waals surface area contributed by atoms with Gasteiger partial charge in [-0.1, -0.05) is 30.3 Å². The highest BCUT2D eigenvalue weighted by molar-refractivity contribution is 5.66. The molecule has 2 aliphatic carbocycles. The smallest absolute Gasteiger partial charge is 0.190 e. The molecule has 0 aliphatic heterocycles. The van der Waals surface area contributed by atoms with Crippen molar-refractivity contribution in [2.45, 2.75) is 63.2 Å². The molecule has 2 aliphatic rings. The molecule has 0 heterocycles. The Hall–Kier alpha value is -2.82. The average molecular weight is 483 g/mol. The Morgan fingerprint density at radius 1 is 0.800 bits per heavy atom. The summed E-state index contributed by atoms with van der Waals surface area (Å²) in [5.74, 6) is -3.38. The Morgan fingerprint density at radius 2 is 1.40 bits per heavy atom. The van der Waals surface area contributed by atoms with Crippen LogP contribution in [-0.2, 0) is 5.41 Å². The number of hydrogen-bond donors (Lipinski definition) is 0. The van der Waals surface area contributed by atoms with Crippen molar-refractivity contribution in [3.63, 3.8) is 0 Å². The summed E-state index contributed by atoms with van der Waals surface area (Å²) in [6.45, 7) is 1.69. The Kier molecular flexibility index (Phi) is 6.61. The van der Waals surface area contributed by atoms with Gasteiger partial charge in [0.05, 0.1) is 12.2 Å². The maximum atomic E-state index is 15.0. The van der Waals surface area contributed by atoms with E-state index in [-0.39, 0.29) is 18.1 Å². The molecule has 0 radical (unpaired) electrons. The van der Waals surface area contributed by atoms with Gasteiger partial charge in [-0.2, -0.15) is 0 Å². The van der Waals surface area contributed by atoms with Gasteiger partial charge in [-0.15, -0.1) is 0 Å². The number of halogens is 4. The van der Waals surface area contributed by atoms with E-state index in [9.17, 15) is 8.78 Å². The van der Waals surface area contributed by atoms with E-state index < -0.39 is 34.6 Å². The van der Waals surface area contributed by atoms with Crippen molar-refractivity contribution in [1.82, 2.24) is 0 Å². The van der Waals surface area contributed by atoms with Crippen LogP contribution in [0.25, 0.3) is 11.1 Å². The largest absolute Gasteiger partial charge is 0.488 e. The van der Waals surface area contributed by atoms with Crippen LogP contribution in [0.3, 0.4) is 0 Å². The summed E-state index contributed by atoms with van der Waals surface area (Å²) in [4.78, 5) is 0. The molecule has 0 saturated heterocycles. The van der Waals surface area contributed by atoms with Crippen LogP contribution in [0.1, 0.15) is 68.9 Å². The van der Waals surface area contributed by atoms with Gasteiger partial charge in [0.15, 0.2) is 17.4 Å². The van der Waals surface area contributed by atoms with E-state index in [1.807, 2.05) is 0 Å². The predicted octanol–water partition coefficient (Wildman–Crippen LogP) is 8.70. The summed E-state index contributed by atoms with van der Waals surface area (Å²) in [7, 11) is 0. The molecule has 1 nitrogen and oxygen atoms in total. The fourth-order valence-electron chi connectivity index (χ4n) is 5.90. The SMILES string of the molecule is CCOc1c(F)cc(-c2c(F)cc(C3CCC(CC4(c5ccccc5)CC4)CC3)cc2F)cc1F. The molecule has 0 spiro atoms. The molecule has 184 valence electrons. The van der Waals surface area contributed by atoms with E-state index in [2.05, 4.69) is 30.3 Å². The third-order valence-electron chi connectivity index (χ3n) is 7.88. The second-order valence-corrected chi connectivity index (χ2v) is 10.1. The van der Waals surface area contributed by atoms with E-state index in [0.717, 1.165) is 37.8 Å². The Bertz CT molecular complexity index is 1150. The third kappa shape index (κ3) is 4.82. The number of hydrogen-bond acceptors (Lipinski definition) is 1. The lowest BCUT2D eigenvalue weighted by molar-refractivity contribution is 0.286. The van der Waals surface area contributed by atoms with Crippen LogP contribution in [0.5, 0.6) is 5.75 Å². The molecule has 0 atom stereocenters. The maximum absolute atomic E-state index is 15.0. The summed E-state index contributed by atoms with van der Waals surface area (Å²) < 4.78 is 63.6. The zero-order chi connectivity index (χ0) is 24.6. The highest BCUT2D eigenvalue weighted by Crippen LogP contribution is 2.55. The summed E-state index contributed by atoms with van der Waals surface area (Å²) in [5.41, 5.74) is 1.79. The van der Waals surface area contributed by atoms with Gasteiger partial charge in [0.2, 0.25) is 0 Å². The van der Waals surface area contributed by atoms with Crippen molar-refractivity contribution < 1.29 is 22.3 Å². The van der Waals surface area contributed by atoms with Crippen molar-refractivity contribution >= 4 is 0 Å². The lowest BCUT2D eigenvalue weighted by Crippen LogP contribution is -2.19. The zero-order valence-electron chi connectivity index (χ0n) is 19.9. The quantitative estimate of drug-likeness (QED) is 0.306. The Balaban J connectivity index is 1.29. The lowest BCUT2D eigenvalue weighted by atomic mass is 9.73. The number of rotatable bonds is 7. The normalized spacial score (nSPS) is 21.1. The fraction of sp³-hybridized carbons (Fsp3) is 0.400. The number of benzene rings is 3. The molecular weight excluding hydrogens is 452 g/mol. The first-order valence-electron chi connectivity index (χ1n) is 12.6. The topological polar surface area (TPSA) is 9.23 Å². The van der Waals surface area contributed by atoms with Crippen molar-refractivity contribution in [1.29, 1.82) is 0 Å². The van der Waals surface area contributed by atoms with Crippen LogP contribution in [-0.4, -0.2) is 6.61 Å². The molecule has 3 aromatic rings. The van der Waals surface area contributed by atoms with Crippen LogP contribution < -0.4 is 4.74 Å². The molecule has 35 heavy (non-hydrogen) atoms. The van der Waals surface area contributed by atoms with Gasteiger partial charge in [-0.3, -0.25) is 0 Å². The molecule has 2 fully saturated rings. The minimum Gasteiger partial charge on any atom is -0.488 e. The molecule has 5 rings (SSSR count). The maximum Gasteiger partial charge on any atom is 0.190 e. The van der Waals surface area contributed by atoms with Gasteiger partial charge < -0.3 is 4.74 Å². The predicted molar refractivity (Wildman–Crippen MR) is 130 cm³/mol. The van der Waals surface area contributed by atoms with E-state index in [1.54, 1.807) is 6.92 Å². The van der Waals surface area contributed by atoms with Crippen molar-refractivity contribution in [3.05, 3.63) is 89.0 Å². The molecule has 0 aromatic heterocycles. The first-order valence-corrected chi connectivity index (χ1v) is 12.6. The summed E-state index contributed by atoms with van der Waals surface area (Å²) in [5, 5.41) is 0. The third-order valence-corrected chi connectivity index (χ3v) is 7.88. The van der Waals surface area contributed by atoms with Gasteiger partial charge >= 0.3 is 0 Å². The van der Waals surface area contributed by atoms with E-state index in [1.165, 1.54) is 37.0 Å². The van der Waals surface area contributed by atoms with Gasteiger partial charge in [-0.05, 0) is 110 Å². The second kappa shape index (κ2) is 9.67. The standard InChI is InChI=1S/C30H30F4O/c1-2-35-29-26(33)16-22(17-27(29)34)28-24(31)14-21(15-25(28)32)20-10-8-19(9-11-20)18-30(12-13-30)23-6-4-3-5-7-23/h3-7,14-17,19-20H,2,8-13,18H2,1H3. The van der Waals surface area contributed by atoms with Gasteiger partial charge in [0.1, 0.15) is 11.6 Å². The highest BCUT2D eigenvalue weighted by Gasteiger charge is 2.45. The minimum absolute atomic E-state index is 0.0834. The van der Waals surface area contributed by atoms with Gasteiger partial charge in [0, 0.05) is 0 Å². The lowest BCUT2D eigenvalue weighted by Gasteiger charge is -2.31. The van der Waals surface area contributed by atoms with Crippen LogP contribution in [0.15, 0.2) is 54.6 Å². The zero-order valence-corrected chi connectivity index (χ0v) is 19.9. The Morgan fingerprint density at radius 3 is 1.94 bits per heavy atom. The minimum atomic E-state index is -0.980. The summed E-state index contributed by atoms with van der Waals surface area (Å²) in [6, 6.07) is 15.2. The number of ether oxygens (including phenoxy) is 1. The van der Waals surface area contributed by atoms with Crippen molar-refractivity contribution in [2.24, 2.45) is 5.92 Å². The molecule has 3 aromatic carbocycles. The molecule has 0 N–H and O–H groups in total. The summed E-state index contributed by atoms with van der Waals surface area (Å²) in [6.07, 6.45) is 7.52. The van der Waals surface area contributed by atoms with E-state index >= 15 is 8.78 Å². The second-order valence-electron chi connectivity index (χ2n) is 10.1. The van der Waals surface area contributed by atoms with E-state index in [0.29, 0.717) is 16.9 Å². The summed E-state index contributed by atoms with van der Waals surface area (Å²) >= 11 is 0. The highest BCUT2D eigenvalue weighted by atomic mass is 19.1. The molecule has 5 heteroatoms. The van der Waals surface area contributed by atoms with Crippen molar-refractivity contribution in [2.75, 3.05) is 6.61 Å². The van der Waals surface area contributed by atoms with Crippen molar-refractivity contribution in [3.8, 4) is 16.9 Å². The molecular formula is C30H30F4O. The average Bonchev–Trinajstić information content (AvgIpc) is 3.63. The molecule has 0 amide bonds. The van der Waals surface area contributed by atoms with Crippen LogP contribution in [0, 0.1) is 29.2 Å². The first-order chi connectivity index (χ1) is 16.9. The first kappa shape index (κ1) is 23.9. The van der Waals surface area contributed by atoms with E-state index in [4.69, 9.17) is 4.74 Å². The van der Waals surface area contributed by atoms with Gasteiger partial charge in [0.25, 0.3) is 0 Å². The molecule has 0 unspecified atom stereocenters. The Labute approximate surface area is 204 Å². The van der Waals surface area contributed by atoms with Crippen LogP contribution in [0.4, 0.5) is 17.6 Å². The van der Waals surface area contributed by atoms with Gasteiger partial charge in [-0.25, -0.2) is 17.6 Å².